The van der Waals surface area contributed by atoms with E-state index in [0.29, 0.717) is 40.2 Å². The normalized spacial score (nSPS) is 20.4. The summed E-state index contributed by atoms with van der Waals surface area (Å²) in [6.45, 7) is 21.9. The third-order valence-corrected chi connectivity index (χ3v) is 9.80. The molecule has 2 unspecified atom stereocenters. The predicted octanol–water partition coefficient (Wildman–Crippen LogP) is 7.27. The van der Waals surface area contributed by atoms with Crippen LogP contribution in [0.15, 0.2) is 71.5 Å². The summed E-state index contributed by atoms with van der Waals surface area (Å²) in [6.07, 6.45) is 3.18. The molecule has 0 bridgehead atoms. The number of likely N-dealkylation sites (tertiary alicyclic amines) is 1. The second-order valence-electron chi connectivity index (χ2n) is 12.2. The van der Waals surface area contributed by atoms with Crippen LogP contribution in [-0.4, -0.2) is 64.8 Å². The first-order valence-corrected chi connectivity index (χ1v) is 16.8. The summed E-state index contributed by atoms with van der Waals surface area (Å²) in [5.74, 6) is 0.999. The topological polar surface area (TPSA) is 95.2 Å². The Bertz CT molecular complexity index is 1380. The number of aliphatic imine (C=N–C) groups is 1. The number of carbonyl (C=O) groups excluding carboxylic acids is 1. The molecule has 248 valence electrons. The van der Waals surface area contributed by atoms with Gasteiger partial charge in [-0.3, -0.25) is 7.91 Å². The highest BCUT2D eigenvalue weighted by Gasteiger charge is 2.64. The van der Waals surface area contributed by atoms with E-state index in [2.05, 4.69) is 55.8 Å². The van der Waals surface area contributed by atoms with Gasteiger partial charge in [-0.15, -0.1) is 5.10 Å². The molecule has 0 radical (unpaired) electrons. The van der Waals surface area contributed by atoms with E-state index < -0.39 is 29.4 Å². The number of hydrogen-bond donors (Lipinski definition) is 2. The largest absolute Gasteiger partial charge is 0.476 e. The van der Waals surface area contributed by atoms with Crippen LogP contribution in [0.2, 0.25) is 0 Å². The van der Waals surface area contributed by atoms with Gasteiger partial charge >= 0.3 is 6.18 Å². The van der Waals surface area contributed by atoms with E-state index in [1.807, 2.05) is 22.9 Å². The minimum absolute atomic E-state index is 0.00303. The molecule has 3 rings (SSSR count). The van der Waals surface area contributed by atoms with Crippen molar-refractivity contribution in [3.8, 4) is 5.88 Å². The van der Waals surface area contributed by atoms with Crippen LogP contribution in [0, 0.1) is 11.3 Å². The highest BCUT2D eigenvalue weighted by atomic mass is 127. The highest BCUT2D eigenvalue weighted by molar-refractivity contribution is 14.1. The van der Waals surface area contributed by atoms with Crippen molar-refractivity contribution < 1.29 is 27.3 Å². The SMILES string of the molecule is C=CN(I)C=C(C(=C)C)[S+](O)CNC(=O)CC(=C)C(=NC(=CC)n1ccc(OCC2(C(F)(F)F)CC2)n1)N1CC(C)CC1(C)C. The summed E-state index contributed by atoms with van der Waals surface area (Å²) in [5.41, 5.74) is -0.943. The molecule has 2 N–H and O–H groups in total. The maximum atomic E-state index is 13.4. The van der Waals surface area contributed by atoms with Crippen molar-refractivity contribution >= 4 is 51.6 Å². The predicted molar refractivity (Wildman–Crippen MR) is 183 cm³/mol. The number of alkyl halides is 3. The second-order valence-corrected chi connectivity index (χ2v) is 14.7. The molecule has 1 aromatic rings. The average Bonchev–Trinajstić information content (AvgIpc) is 3.53. The van der Waals surface area contributed by atoms with Crippen molar-refractivity contribution in [2.45, 2.75) is 72.0 Å². The first kappa shape index (κ1) is 36.7. The first-order valence-electron chi connectivity index (χ1n) is 14.5. The van der Waals surface area contributed by atoms with Crippen LogP contribution in [0.25, 0.3) is 5.82 Å². The molecule has 0 aromatic carbocycles. The van der Waals surface area contributed by atoms with Crippen molar-refractivity contribution in [3.05, 3.63) is 66.5 Å². The number of nitrogens with zero attached hydrogens (tertiary/aromatic N) is 5. The molecule has 1 saturated carbocycles. The number of ether oxygens (including phenoxy) is 1. The van der Waals surface area contributed by atoms with Gasteiger partial charge in [0.25, 0.3) is 0 Å². The summed E-state index contributed by atoms with van der Waals surface area (Å²) >= 11 is 0.723. The lowest BCUT2D eigenvalue weighted by atomic mass is 9.97. The Kier molecular flexibility index (Phi) is 12.1. The van der Waals surface area contributed by atoms with Gasteiger partial charge in [0, 0.05) is 36.1 Å². The lowest BCUT2D eigenvalue weighted by Crippen LogP contribution is -2.44. The summed E-state index contributed by atoms with van der Waals surface area (Å²) in [7, 11) is 0. The minimum atomic E-state index is -4.32. The standard InChI is InChI=1S/C31H42F3IN6O3S/c1-9-25(41-14-11-27(38-41)44-19-30(12-13-30)31(32,33)34)37-28(40-17-22(5)16-29(40,7)8)23(6)15-26(42)36-20-45(43)24(21(3)4)18-39(35)10-2/h9-11,14,18,22,43H,2-3,6,12-13,15-17,19-20H2,1,4-5,7-8H3/p+1. The van der Waals surface area contributed by atoms with Crippen LogP contribution in [0.5, 0.6) is 5.88 Å². The molecule has 1 aliphatic carbocycles. The van der Waals surface area contributed by atoms with Gasteiger partial charge in [0.2, 0.25) is 33.7 Å². The maximum absolute atomic E-state index is 13.4. The zero-order valence-electron chi connectivity index (χ0n) is 26.5. The third-order valence-electron chi connectivity index (χ3n) is 7.74. The summed E-state index contributed by atoms with van der Waals surface area (Å²) in [5, 5.41) is 7.12. The third kappa shape index (κ3) is 9.41. The molecule has 45 heavy (non-hydrogen) atoms. The van der Waals surface area contributed by atoms with E-state index >= 15 is 0 Å². The van der Waals surface area contributed by atoms with Crippen LogP contribution >= 0.6 is 22.9 Å². The van der Waals surface area contributed by atoms with Crippen molar-refractivity contribution in [3.63, 3.8) is 0 Å². The van der Waals surface area contributed by atoms with Crippen LogP contribution < -0.4 is 10.1 Å². The number of nitrogens with one attached hydrogen (secondary N) is 1. The Morgan fingerprint density at radius 2 is 2.04 bits per heavy atom. The van der Waals surface area contributed by atoms with E-state index in [0.717, 1.165) is 6.42 Å². The van der Waals surface area contributed by atoms with Crippen LogP contribution in [0.4, 0.5) is 13.2 Å². The van der Waals surface area contributed by atoms with Gasteiger partial charge in [0.15, 0.2) is 5.82 Å². The van der Waals surface area contributed by atoms with Gasteiger partial charge in [-0.25, -0.2) is 9.67 Å². The number of aromatic nitrogens is 2. The maximum Gasteiger partial charge on any atom is 0.397 e. The molecule has 2 fully saturated rings. The highest BCUT2D eigenvalue weighted by Crippen LogP contribution is 2.57. The van der Waals surface area contributed by atoms with Gasteiger partial charge < -0.3 is 15.0 Å². The average molecular weight is 764 g/mol. The van der Waals surface area contributed by atoms with Gasteiger partial charge in [-0.2, -0.15) is 17.7 Å². The Hall–Kier alpha value is -2.72. The number of amides is 1. The van der Waals surface area contributed by atoms with Crippen LogP contribution in [-0.2, 0) is 16.0 Å². The fourth-order valence-corrected chi connectivity index (χ4v) is 6.69. The number of carbonyl (C=O) groups is 1. The van der Waals surface area contributed by atoms with E-state index in [9.17, 15) is 22.5 Å². The number of rotatable bonds is 14. The fraction of sp³-hybridized carbons (Fsp3) is 0.516. The van der Waals surface area contributed by atoms with E-state index in [1.165, 1.54) is 10.7 Å². The number of allylic oxidation sites excluding steroid dienone is 2. The molecule has 1 amide bonds. The quantitative estimate of drug-likeness (QED) is 0.0518. The Morgan fingerprint density at radius 1 is 1.38 bits per heavy atom. The number of amidine groups is 1. The zero-order valence-corrected chi connectivity index (χ0v) is 29.4. The molecule has 2 atom stereocenters. The molecule has 1 aromatic heterocycles. The van der Waals surface area contributed by atoms with Crippen molar-refractivity contribution in [2.75, 3.05) is 19.0 Å². The number of halogens is 4. The summed E-state index contributed by atoms with van der Waals surface area (Å²) in [6, 6.07) is 1.50. The minimum Gasteiger partial charge on any atom is -0.476 e. The smallest absolute Gasteiger partial charge is 0.397 e. The van der Waals surface area contributed by atoms with Crippen molar-refractivity contribution in [1.82, 2.24) is 23.1 Å². The van der Waals surface area contributed by atoms with Crippen molar-refractivity contribution in [2.24, 2.45) is 16.3 Å². The lowest BCUT2D eigenvalue weighted by Gasteiger charge is -2.35. The summed E-state index contributed by atoms with van der Waals surface area (Å²) < 4.78 is 59.4. The Labute approximate surface area is 280 Å². The Balaban J connectivity index is 1.79. The van der Waals surface area contributed by atoms with Crippen LogP contribution in [0.3, 0.4) is 0 Å². The first-order chi connectivity index (χ1) is 20.9. The van der Waals surface area contributed by atoms with Gasteiger partial charge in [-0.05, 0) is 64.5 Å². The Morgan fingerprint density at radius 3 is 2.56 bits per heavy atom. The molecule has 1 saturated heterocycles. The molecule has 2 heterocycles. The molecule has 1 aliphatic heterocycles. The fourth-order valence-electron chi connectivity index (χ4n) is 5.13. The monoisotopic (exact) mass is 763 g/mol. The summed E-state index contributed by atoms with van der Waals surface area (Å²) in [4.78, 5) is 20.7. The molecule has 0 spiro atoms. The van der Waals surface area contributed by atoms with E-state index in [4.69, 9.17) is 9.73 Å². The van der Waals surface area contributed by atoms with Gasteiger partial charge in [-0.1, -0.05) is 26.7 Å². The molecule has 14 heteroatoms. The molecular weight excluding hydrogens is 720 g/mol. The molecular formula is C31H43F3IN6O3S+. The molecule has 9 nitrogen and oxygen atoms in total. The van der Waals surface area contributed by atoms with Crippen molar-refractivity contribution in [1.29, 1.82) is 0 Å². The van der Waals surface area contributed by atoms with Gasteiger partial charge in [0.05, 0.1) is 35.5 Å². The van der Waals surface area contributed by atoms with E-state index in [-0.39, 0.29) is 42.5 Å². The van der Waals surface area contributed by atoms with Gasteiger partial charge in [0.1, 0.15) is 17.9 Å². The second kappa shape index (κ2) is 14.8. The van der Waals surface area contributed by atoms with Crippen LogP contribution in [0.1, 0.15) is 60.3 Å². The van der Waals surface area contributed by atoms with E-state index in [1.54, 1.807) is 41.6 Å². The molecule has 2 aliphatic rings. The number of hydrogen-bond acceptors (Lipinski definition) is 6. The lowest BCUT2D eigenvalue weighted by molar-refractivity contribution is -0.194. The zero-order chi connectivity index (χ0) is 33.7.